The van der Waals surface area contributed by atoms with Gasteiger partial charge in [0.25, 0.3) is 0 Å². The molecule has 146 valence electrons. The van der Waals surface area contributed by atoms with E-state index in [1.807, 2.05) is 25.1 Å². The first kappa shape index (κ1) is 20.9. The van der Waals surface area contributed by atoms with Crippen LogP contribution in [-0.4, -0.2) is 54.0 Å². The van der Waals surface area contributed by atoms with Crippen LogP contribution in [0, 0.1) is 12.7 Å². The Morgan fingerprint density at radius 2 is 2.00 bits per heavy atom. The van der Waals surface area contributed by atoms with E-state index in [0.29, 0.717) is 18.1 Å². The number of benzene rings is 1. The number of carbonyl (C=O) groups excluding carboxylic acids is 2. The van der Waals surface area contributed by atoms with E-state index in [-0.39, 0.29) is 35.2 Å². The summed E-state index contributed by atoms with van der Waals surface area (Å²) in [4.78, 5) is 25.7. The van der Waals surface area contributed by atoms with E-state index in [1.54, 1.807) is 19.1 Å². The van der Waals surface area contributed by atoms with Crippen molar-refractivity contribution in [1.29, 1.82) is 0 Å². The van der Waals surface area contributed by atoms with Gasteiger partial charge in [-0.2, -0.15) is 0 Å². The van der Waals surface area contributed by atoms with E-state index in [0.717, 1.165) is 5.56 Å². The van der Waals surface area contributed by atoms with Crippen molar-refractivity contribution in [3.63, 3.8) is 0 Å². The average Bonchev–Trinajstić information content (AvgIpc) is 2.99. The van der Waals surface area contributed by atoms with Crippen molar-refractivity contribution in [2.24, 2.45) is 0 Å². The van der Waals surface area contributed by atoms with Gasteiger partial charge >= 0.3 is 0 Å². The van der Waals surface area contributed by atoms with E-state index in [2.05, 4.69) is 15.8 Å². The van der Waals surface area contributed by atoms with E-state index in [4.69, 9.17) is 4.52 Å². The molecule has 1 unspecified atom stereocenters. The highest BCUT2D eigenvalue weighted by molar-refractivity contribution is 8.00. The van der Waals surface area contributed by atoms with Gasteiger partial charge < -0.3 is 20.1 Å². The first-order valence-corrected chi connectivity index (χ1v) is 9.50. The van der Waals surface area contributed by atoms with Gasteiger partial charge in [0.15, 0.2) is 5.82 Å². The predicted molar refractivity (Wildman–Crippen MR) is 103 cm³/mol. The standard InChI is InChI=1S/C18H23FN4O3S/c1-12-7-16(22-26-12)21-18(25)11-27-10-17(24)20-9-15(23(2)3)13-5-4-6-14(19)8-13/h4-8,15H,9-11H2,1-3H3,(H,20,24)(H,21,22,25). The lowest BCUT2D eigenvalue weighted by atomic mass is 10.1. The molecule has 1 heterocycles. The number of aromatic nitrogens is 1. The summed E-state index contributed by atoms with van der Waals surface area (Å²) in [5, 5.41) is 9.09. The highest BCUT2D eigenvalue weighted by Gasteiger charge is 2.16. The number of hydrogen-bond acceptors (Lipinski definition) is 6. The fraction of sp³-hybridized carbons (Fsp3) is 0.389. The van der Waals surface area contributed by atoms with Gasteiger partial charge in [-0.3, -0.25) is 9.59 Å². The largest absolute Gasteiger partial charge is 0.360 e. The molecule has 2 N–H and O–H groups in total. The lowest BCUT2D eigenvalue weighted by Crippen LogP contribution is -2.35. The van der Waals surface area contributed by atoms with Gasteiger partial charge in [0, 0.05) is 12.6 Å². The lowest BCUT2D eigenvalue weighted by molar-refractivity contribution is -0.118. The Balaban J connectivity index is 1.73. The van der Waals surface area contributed by atoms with Crippen molar-refractivity contribution in [2.75, 3.05) is 37.5 Å². The molecular formula is C18H23FN4O3S. The number of aryl methyl sites for hydroxylation is 1. The molecule has 0 aliphatic carbocycles. The molecule has 27 heavy (non-hydrogen) atoms. The van der Waals surface area contributed by atoms with Crippen LogP contribution in [0.15, 0.2) is 34.9 Å². The zero-order chi connectivity index (χ0) is 19.8. The summed E-state index contributed by atoms with van der Waals surface area (Å²) in [6, 6.07) is 7.79. The van der Waals surface area contributed by atoms with Gasteiger partial charge in [0.1, 0.15) is 11.6 Å². The van der Waals surface area contributed by atoms with Crippen LogP contribution >= 0.6 is 11.8 Å². The van der Waals surface area contributed by atoms with Crippen LogP contribution in [0.2, 0.25) is 0 Å². The van der Waals surface area contributed by atoms with Gasteiger partial charge in [-0.25, -0.2) is 4.39 Å². The maximum atomic E-state index is 13.4. The van der Waals surface area contributed by atoms with Gasteiger partial charge in [0.2, 0.25) is 11.8 Å². The topological polar surface area (TPSA) is 87.5 Å². The molecule has 9 heteroatoms. The lowest BCUT2D eigenvalue weighted by Gasteiger charge is -2.25. The minimum atomic E-state index is -0.311. The summed E-state index contributed by atoms with van der Waals surface area (Å²) in [5.41, 5.74) is 0.787. The van der Waals surface area contributed by atoms with Crippen molar-refractivity contribution in [2.45, 2.75) is 13.0 Å². The average molecular weight is 394 g/mol. The zero-order valence-electron chi connectivity index (χ0n) is 15.5. The molecule has 2 rings (SSSR count). The molecule has 1 aromatic heterocycles. The fourth-order valence-corrected chi connectivity index (χ4v) is 3.06. The monoisotopic (exact) mass is 394 g/mol. The second-order valence-electron chi connectivity index (χ2n) is 6.20. The third-order valence-corrected chi connectivity index (χ3v) is 4.64. The second-order valence-corrected chi connectivity index (χ2v) is 7.19. The van der Waals surface area contributed by atoms with Crippen molar-refractivity contribution in [1.82, 2.24) is 15.4 Å². The van der Waals surface area contributed by atoms with Crippen LogP contribution in [0.5, 0.6) is 0 Å². The summed E-state index contributed by atoms with van der Waals surface area (Å²) in [7, 11) is 3.73. The van der Waals surface area contributed by atoms with Gasteiger partial charge in [0.05, 0.1) is 17.5 Å². The Labute approximate surface area is 161 Å². The van der Waals surface area contributed by atoms with Crippen LogP contribution in [-0.2, 0) is 9.59 Å². The Bertz CT molecular complexity index is 781. The molecule has 0 spiro atoms. The number of anilines is 1. The van der Waals surface area contributed by atoms with Crippen LogP contribution < -0.4 is 10.6 Å². The molecule has 0 aliphatic rings. The normalized spacial score (nSPS) is 12.0. The number of nitrogens with one attached hydrogen (secondary N) is 2. The molecule has 0 bridgehead atoms. The van der Waals surface area contributed by atoms with Crippen LogP contribution in [0.1, 0.15) is 17.4 Å². The van der Waals surface area contributed by atoms with E-state index >= 15 is 0 Å². The van der Waals surface area contributed by atoms with Crippen LogP contribution in [0.25, 0.3) is 0 Å². The Kier molecular flexibility index (Phi) is 7.81. The number of hydrogen-bond donors (Lipinski definition) is 2. The van der Waals surface area contributed by atoms with Crippen LogP contribution in [0.3, 0.4) is 0 Å². The highest BCUT2D eigenvalue weighted by Crippen LogP contribution is 2.18. The van der Waals surface area contributed by atoms with Crippen LogP contribution in [0.4, 0.5) is 10.2 Å². The zero-order valence-corrected chi connectivity index (χ0v) is 16.3. The Hall–Kier alpha value is -2.39. The number of halogens is 1. The summed E-state index contributed by atoms with van der Waals surface area (Å²) in [6.07, 6.45) is 0. The van der Waals surface area contributed by atoms with Gasteiger partial charge in [-0.1, -0.05) is 17.3 Å². The highest BCUT2D eigenvalue weighted by atomic mass is 32.2. The van der Waals surface area contributed by atoms with Gasteiger partial charge in [-0.05, 0) is 38.7 Å². The summed E-state index contributed by atoms with van der Waals surface area (Å²) < 4.78 is 18.3. The summed E-state index contributed by atoms with van der Waals surface area (Å²) in [5.74, 6) is 0.474. The quantitative estimate of drug-likeness (QED) is 0.678. The number of likely N-dealkylation sites (N-methyl/N-ethyl adjacent to an activating group) is 1. The van der Waals surface area contributed by atoms with E-state index in [9.17, 15) is 14.0 Å². The molecule has 1 atom stereocenters. The number of carbonyl (C=O) groups is 2. The number of thioether (sulfide) groups is 1. The fourth-order valence-electron chi connectivity index (χ4n) is 2.41. The van der Waals surface area contributed by atoms with Crippen molar-refractivity contribution in [3.05, 3.63) is 47.5 Å². The molecule has 2 amide bonds. The minimum absolute atomic E-state index is 0.125. The maximum Gasteiger partial charge on any atom is 0.235 e. The number of nitrogens with zero attached hydrogens (tertiary/aromatic N) is 2. The number of rotatable bonds is 9. The minimum Gasteiger partial charge on any atom is -0.360 e. The van der Waals surface area contributed by atoms with E-state index in [1.165, 1.54) is 23.9 Å². The predicted octanol–water partition coefficient (Wildman–Crippen LogP) is 2.21. The molecule has 0 fully saturated rings. The maximum absolute atomic E-state index is 13.4. The van der Waals surface area contributed by atoms with Crippen molar-refractivity contribution >= 4 is 29.4 Å². The first-order valence-electron chi connectivity index (χ1n) is 8.34. The third-order valence-electron chi connectivity index (χ3n) is 3.71. The molecule has 0 radical (unpaired) electrons. The second kappa shape index (κ2) is 10.1. The third kappa shape index (κ3) is 7.03. The summed E-state index contributed by atoms with van der Waals surface area (Å²) >= 11 is 1.20. The Morgan fingerprint density at radius 1 is 1.26 bits per heavy atom. The molecule has 0 aliphatic heterocycles. The number of amides is 2. The molecule has 2 aromatic rings. The van der Waals surface area contributed by atoms with Gasteiger partial charge in [-0.15, -0.1) is 11.8 Å². The SMILES string of the molecule is Cc1cc(NC(=O)CSCC(=O)NCC(c2cccc(F)c2)N(C)C)no1. The molecule has 0 saturated heterocycles. The first-order chi connectivity index (χ1) is 12.8. The smallest absolute Gasteiger partial charge is 0.235 e. The Morgan fingerprint density at radius 3 is 2.63 bits per heavy atom. The molecule has 0 saturated carbocycles. The van der Waals surface area contributed by atoms with Crippen molar-refractivity contribution < 1.29 is 18.5 Å². The summed E-state index contributed by atoms with van der Waals surface area (Å²) in [6.45, 7) is 2.08. The molecular weight excluding hydrogens is 371 g/mol. The van der Waals surface area contributed by atoms with Crippen molar-refractivity contribution in [3.8, 4) is 0 Å². The molecule has 7 nitrogen and oxygen atoms in total. The van der Waals surface area contributed by atoms with E-state index < -0.39 is 0 Å². The molecule has 1 aromatic carbocycles.